The second kappa shape index (κ2) is 7.10. The number of nitrogens with zero attached hydrogens (tertiary/aromatic N) is 6. The summed E-state index contributed by atoms with van der Waals surface area (Å²) < 4.78 is 2.03. The van der Waals surface area contributed by atoms with Crippen LogP contribution in [0.1, 0.15) is 41.4 Å². The maximum atomic E-state index is 6.74. The van der Waals surface area contributed by atoms with Crippen LogP contribution in [0.25, 0.3) is 16.8 Å². The van der Waals surface area contributed by atoms with Crippen molar-refractivity contribution in [3.8, 4) is 11.3 Å². The van der Waals surface area contributed by atoms with Gasteiger partial charge in [0, 0.05) is 49.0 Å². The van der Waals surface area contributed by atoms with Crippen molar-refractivity contribution in [2.75, 3.05) is 18.0 Å². The third kappa shape index (κ3) is 2.77. The summed E-state index contributed by atoms with van der Waals surface area (Å²) in [6, 6.07) is 8.32. The molecule has 7 heteroatoms. The minimum Gasteiger partial charge on any atom is -0.355 e. The summed E-state index contributed by atoms with van der Waals surface area (Å²) in [5, 5.41) is 4.66. The van der Waals surface area contributed by atoms with Crippen molar-refractivity contribution in [2.45, 2.75) is 39.2 Å². The van der Waals surface area contributed by atoms with E-state index in [0.29, 0.717) is 0 Å². The largest absolute Gasteiger partial charge is 0.355 e. The lowest BCUT2D eigenvalue weighted by Gasteiger charge is -2.42. The van der Waals surface area contributed by atoms with Gasteiger partial charge in [-0.15, -0.1) is 0 Å². The maximum Gasteiger partial charge on any atom is 0.155 e. The fraction of sp³-hybridized carbons (Fsp3) is 0.360. The Labute approximate surface area is 187 Å². The minimum absolute atomic E-state index is 0.0649. The van der Waals surface area contributed by atoms with Gasteiger partial charge in [0.15, 0.2) is 5.82 Å². The molecule has 162 valence electrons. The number of aryl methyl sites for hydroxylation is 2. The minimum atomic E-state index is 0.0649. The van der Waals surface area contributed by atoms with Crippen LogP contribution in [0.5, 0.6) is 0 Å². The van der Waals surface area contributed by atoms with E-state index in [2.05, 4.69) is 45.9 Å². The Bertz CT molecular complexity index is 1320. The molecule has 0 unspecified atom stereocenters. The highest BCUT2D eigenvalue weighted by molar-refractivity contribution is 5.76. The van der Waals surface area contributed by atoms with E-state index in [1.807, 2.05) is 41.4 Å². The van der Waals surface area contributed by atoms with Crippen molar-refractivity contribution >= 4 is 11.3 Å². The van der Waals surface area contributed by atoms with Crippen molar-refractivity contribution < 1.29 is 0 Å². The van der Waals surface area contributed by atoms with Crippen LogP contribution in [0.4, 0.5) is 5.82 Å². The van der Waals surface area contributed by atoms with Crippen LogP contribution in [0.3, 0.4) is 0 Å². The standard InChI is InChI=1S/C25H27N7/c1-16-15-27-10-5-18(16)22-17(2)30-24(21-6-11-29-32(21)22)31-12-7-25(8-13-31)14-20-19(23(25)26)4-3-9-28-20/h3-6,9-11,15,23H,7-8,12-14,26H2,1-2H3/t23-/m1/s1. The van der Waals surface area contributed by atoms with E-state index in [9.17, 15) is 0 Å². The summed E-state index contributed by atoms with van der Waals surface area (Å²) in [4.78, 5) is 16.3. The van der Waals surface area contributed by atoms with Crippen molar-refractivity contribution in [1.29, 1.82) is 0 Å². The Kier molecular flexibility index (Phi) is 4.30. The molecular weight excluding hydrogens is 398 g/mol. The molecule has 0 amide bonds. The summed E-state index contributed by atoms with van der Waals surface area (Å²) in [6.45, 7) is 6.01. The van der Waals surface area contributed by atoms with Crippen LogP contribution in [-0.2, 0) is 6.42 Å². The predicted molar refractivity (Wildman–Crippen MR) is 124 cm³/mol. The van der Waals surface area contributed by atoms with Gasteiger partial charge in [-0.3, -0.25) is 9.97 Å². The van der Waals surface area contributed by atoms with Gasteiger partial charge in [-0.2, -0.15) is 5.10 Å². The molecule has 0 bridgehead atoms. The molecule has 4 aromatic heterocycles. The Balaban J connectivity index is 1.34. The molecule has 1 atom stereocenters. The van der Waals surface area contributed by atoms with Gasteiger partial charge in [-0.1, -0.05) is 6.07 Å². The number of rotatable bonds is 2. The van der Waals surface area contributed by atoms with Crippen LogP contribution >= 0.6 is 0 Å². The van der Waals surface area contributed by atoms with Gasteiger partial charge in [0.25, 0.3) is 0 Å². The molecule has 32 heavy (non-hydrogen) atoms. The number of pyridine rings is 2. The number of hydrogen-bond acceptors (Lipinski definition) is 6. The normalized spacial score (nSPS) is 19.6. The highest BCUT2D eigenvalue weighted by Gasteiger charge is 2.46. The van der Waals surface area contributed by atoms with E-state index in [-0.39, 0.29) is 11.5 Å². The van der Waals surface area contributed by atoms with E-state index in [1.165, 1.54) is 11.3 Å². The van der Waals surface area contributed by atoms with E-state index in [1.54, 1.807) is 0 Å². The molecule has 2 aliphatic rings. The zero-order valence-electron chi connectivity index (χ0n) is 18.5. The van der Waals surface area contributed by atoms with Gasteiger partial charge in [-0.25, -0.2) is 9.50 Å². The first-order valence-corrected chi connectivity index (χ1v) is 11.3. The first kappa shape index (κ1) is 19.4. The average molecular weight is 426 g/mol. The van der Waals surface area contributed by atoms with E-state index in [0.717, 1.165) is 66.2 Å². The summed E-state index contributed by atoms with van der Waals surface area (Å²) in [5.74, 6) is 1.01. The molecule has 5 heterocycles. The molecule has 1 aliphatic carbocycles. The van der Waals surface area contributed by atoms with Gasteiger partial charge in [-0.05, 0) is 67.9 Å². The summed E-state index contributed by atoms with van der Waals surface area (Å²) in [7, 11) is 0. The van der Waals surface area contributed by atoms with Gasteiger partial charge < -0.3 is 10.6 Å². The maximum absolute atomic E-state index is 6.74. The molecule has 1 spiro atoms. The van der Waals surface area contributed by atoms with E-state index >= 15 is 0 Å². The number of hydrogen-bond donors (Lipinski definition) is 1. The van der Waals surface area contributed by atoms with Crippen molar-refractivity contribution in [1.82, 2.24) is 24.6 Å². The smallest absolute Gasteiger partial charge is 0.155 e. The molecule has 4 aromatic rings. The molecule has 2 N–H and O–H groups in total. The molecule has 1 saturated heterocycles. The van der Waals surface area contributed by atoms with Crippen molar-refractivity contribution in [3.63, 3.8) is 0 Å². The lowest BCUT2D eigenvalue weighted by Crippen LogP contribution is -2.44. The number of piperidine rings is 1. The van der Waals surface area contributed by atoms with E-state index < -0.39 is 0 Å². The van der Waals surface area contributed by atoms with Gasteiger partial charge in [0.2, 0.25) is 0 Å². The number of aromatic nitrogens is 5. The number of fused-ring (bicyclic) bond motifs is 2. The van der Waals surface area contributed by atoms with Crippen LogP contribution in [0.2, 0.25) is 0 Å². The molecular formula is C25H27N7. The Hall–Kier alpha value is -3.32. The fourth-order valence-electron chi connectivity index (χ4n) is 5.66. The highest BCUT2D eigenvalue weighted by atomic mass is 15.3. The SMILES string of the molecule is Cc1cnccc1-c1c(C)nc(N2CCC3(CC2)Cc2ncccc2[C@H]3N)c2ccnn12. The van der Waals surface area contributed by atoms with Crippen molar-refractivity contribution in [3.05, 3.63) is 71.6 Å². The van der Waals surface area contributed by atoms with Crippen molar-refractivity contribution in [2.24, 2.45) is 11.1 Å². The van der Waals surface area contributed by atoms with Gasteiger partial charge >= 0.3 is 0 Å². The number of anilines is 1. The molecule has 6 rings (SSSR count). The third-order valence-corrected chi connectivity index (χ3v) is 7.47. The second-order valence-corrected chi connectivity index (χ2v) is 9.23. The average Bonchev–Trinajstić information content (AvgIpc) is 3.39. The van der Waals surface area contributed by atoms with E-state index in [4.69, 9.17) is 10.7 Å². The van der Waals surface area contributed by atoms with Crippen LogP contribution < -0.4 is 10.6 Å². The topological polar surface area (TPSA) is 85.2 Å². The molecule has 1 fully saturated rings. The summed E-state index contributed by atoms with van der Waals surface area (Å²) >= 11 is 0. The molecule has 1 aliphatic heterocycles. The zero-order valence-corrected chi connectivity index (χ0v) is 18.5. The monoisotopic (exact) mass is 425 g/mol. The Morgan fingerprint density at radius 2 is 1.91 bits per heavy atom. The first-order chi connectivity index (χ1) is 15.6. The Morgan fingerprint density at radius 3 is 2.69 bits per heavy atom. The molecule has 0 saturated carbocycles. The summed E-state index contributed by atoms with van der Waals surface area (Å²) in [5.41, 5.74) is 14.5. The van der Waals surface area contributed by atoms with Gasteiger partial charge in [0.05, 0.1) is 17.6 Å². The zero-order chi connectivity index (χ0) is 21.9. The fourth-order valence-corrected chi connectivity index (χ4v) is 5.66. The van der Waals surface area contributed by atoms with Crippen LogP contribution in [0.15, 0.2) is 49.1 Å². The number of nitrogens with two attached hydrogens (primary N) is 1. The van der Waals surface area contributed by atoms with Crippen LogP contribution in [0, 0.1) is 19.3 Å². The highest BCUT2D eigenvalue weighted by Crippen LogP contribution is 2.50. The van der Waals surface area contributed by atoms with Crippen LogP contribution in [-0.4, -0.2) is 37.7 Å². The third-order valence-electron chi connectivity index (χ3n) is 7.47. The molecule has 7 nitrogen and oxygen atoms in total. The lowest BCUT2D eigenvalue weighted by atomic mass is 9.73. The molecule has 0 aromatic carbocycles. The molecule has 0 radical (unpaired) electrons. The van der Waals surface area contributed by atoms with Gasteiger partial charge in [0.1, 0.15) is 5.52 Å². The Morgan fingerprint density at radius 1 is 1.06 bits per heavy atom. The first-order valence-electron chi connectivity index (χ1n) is 11.3. The summed E-state index contributed by atoms with van der Waals surface area (Å²) in [6.07, 6.45) is 10.5. The predicted octanol–water partition coefficient (Wildman–Crippen LogP) is 3.65. The lowest BCUT2D eigenvalue weighted by molar-refractivity contribution is 0.187. The second-order valence-electron chi connectivity index (χ2n) is 9.23. The quantitative estimate of drug-likeness (QED) is 0.528.